The Hall–Kier alpha value is -0.330. The lowest BCUT2D eigenvalue weighted by atomic mass is 9.80. The summed E-state index contributed by atoms with van der Waals surface area (Å²) in [4.78, 5) is 11.9. The van der Waals surface area contributed by atoms with E-state index in [0.29, 0.717) is 5.78 Å². The van der Waals surface area contributed by atoms with Crippen LogP contribution in [-0.2, 0) is 4.79 Å². The molecule has 0 aromatic rings. The van der Waals surface area contributed by atoms with Crippen molar-refractivity contribution < 1.29 is 6.22 Å². The summed E-state index contributed by atoms with van der Waals surface area (Å²) < 4.78 is 0. The predicted octanol–water partition coefficient (Wildman–Crippen LogP) is 4.60. The third-order valence-corrected chi connectivity index (χ3v) is 4.14. The van der Waals surface area contributed by atoms with Crippen molar-refractivity contribution in [2.75, 3.05) is 0 Å². The van der Waals surface area contributed by atoms with Gasteiger partial charge in [0.25, 0.3) is 0 Å². The predicted molar refractivity (Wildman–Crippen MR) is 67.0 cm³/mol. The topological polar surface area (TPSA) is 17.1 Å². The highest BCUT2D eigenvalue weighted by Crippen LogP contribution is 2.30. The van der Waals surface area contributed by atoms with Gasteiger partial charge in [0.15, 0.2) is 0 Å². The van der Waals surface area contributed by atoms with Gasteiger partial charge < -0.3 is 0 Å². The summed E-state index contributed by atoms with van der Waals surface area (Å²) in [7, 11) is 0. The lowest BCUT2D eigenvalue weighted by Gasteiger charge is -2.24. The smallest absolute Gasteiger partial charge is 0.138 e. The number of carbonyl (C=O) groups excluding carboxylic acids is 1. The van der Waals surface area contributed by atoms with E-state index in [0.717, 1.165) is 25.2 Å². The third kappa shape index (κ3) is 3.96. The van der Waals surface area contributed by atoms with E-state index >= 15 is 0 Å². The highest BCUT2D eigenvalue weighted by atomic mass is 16.1. The molecule has 0 bridgehead atoms. The second-order valence-electron chi connectivity index (χ2n) is 5.70. The largest absolute Gasteiger partial charge is 0.299 e. The molecule has 1 aliphatic carbocycles. The van der Waals surface area contributed by atoms with Gasteiger partial charge in [-0.2, -0.15) is 0 Å². The number of Topliss-reactive ketones (excluding diaryl/α,β-unsaturated/α-hetero) is 1. The molecule has 0 saturated heterocycles. The molecule has 0 aliphatic heterocycles. The monoisotopic (exact) mass is 212 g/mol. The first-order chi connectivity index (χ1) is 7.06. The van der Waals surface area contributed by atoms with Gasteiger partial charge in [-0.05, 0) is 18.8 Å². The molecule has 90 valence electrons. The van der Waals surface area contributed by atoms with Crippen molar-refractivity contribution >= 4 is 5.78 Å². The van der Waals surface area contributed by atoms with E-state index in [9.17, 15) is 4.79 Å². The van der Waals surface area contributed by atoms with Gasteiger partial charge in [0.05, 0.1) is 0 Å². The van der Waals surface area contributed by atoms with Gasteiger partial charge in [-0.3, -0.25) is 4.79 Å². The summed E-state index contributed by atoms with van der Waals surface area (Å²) in [6, 6.07) is 0. The Morgan fingerprint density at radius 3 is 2.40 bits per heavy atom. The van der Waals surface area contributed by atoms with Crippen molar-refractivity contribution in [2.24, 2.45) is 11.3 Å². The quantitative estimate of drug-likeness (QED) is 0.651. The van der Waals surface area contributed by atoms with Crippen LogP contribution in [-0.4, -0.2) is 5.78 Å². The molecular weight excluding hydrogens is 184 g/mol. The minimum absolute atomic E-state index is 0. The summed E-state index contributed by atoms with van der Waals surface area (Å²) in [6.45, 7) is 6.27. The van der Waals surface area contributed by atoms with Gasteiger partial charge in [-0.25, -0.2) is 0 Å². The first-order valence-electron chi connectivity index (χ1n) is 6.59. The maximum atomic E-state index is 11.9. The van der Waals surface area contributed by atoms with Gasteiger partial charge >= 0.3 is 0 Å². The maximum Gasteiger partial charge on any atom is 0.138 e. The van der Waals surface area contributed by atoms with Crippen LogP contribution >= 0.6 is 0 Å². The molecule has 0 heterocycles. The number of ketones is 1. The molecule has 0 radical (unpaired) electrons. The van der Waals surface area contributed by atoms with E-state index in [4.69, 9.17) is 0 Å². The van der Waals surface area contributed by atoms with Crippen molar-refractivity contribution in [3.8, 4) is 0 Å². The Morgan fingerprint density at radius 2 is 1.87 bits per heavy atom. The zero-order valence-electron chi connectivity index (χ0n) is 10.6. The van der Waals surface area contributed by atoms with E-state index < -0.39 is 0 Å². The average molecular weight is 212 g/mol. The molecule has 1 nitrogen and oxygen atoms in total. The Kier molecular flexibility index (Phi) is 4.82. The number of hydrogen-bond acceptors (Lipinski definition) is 1. The van der Waals surface area contributed by atoms with Gasteiger partial charge in [0, 0.05) is 13.3 Å². The first kappa shape index (κ1) is 12.7. The molecule has 1 fully saturated rings. The molecule has 0 spiro atoms. The zero-order chi connectivity index (χ0) is 11.3. The summed E-state index contributed by atoms with van der Waals surface area (Å²) in [5.41, 5.74) is -0.0886. The number of hydrogen-bond donors (Lipinski definition) is 0. The summed E-state index contributed by atoms with van der Waals surface area (Å²) in [5, 5.41) is 0. The van der Waals surface area contributed by atoms with Crippen molar-refractivity contribution in [2.45, 2.75) is 72.1 Å². The van der Waals surface area contributed by atoms with Gasteiger partial charge in [-0.1, -0.05) is 52.9 Å². The van der Waals surface area contributed by atoms with Crippen LogP contribution in [0.4, 0.5) is 0 Å². The minimum atomic E-state index is -0.0886. The van der Waals surface area contributed by atoms with Crippen molar-refractivity contribution in [1.29, 1.82) is 0 Å². The van der Waals surface area contributed by atoms with Crippen LogP contribution in [0.25, 0.3) is 0 Å². The molecule has 0 unspecified atom stereocenters. The highest BCUT2D eigenvalue weighted by Gasteiger charge is 2.25. The van der Waals surface area contributed by atoms with Crippen LogP contribution in [0.5, 0.6) is 0 Å². The fourth-order valence-electron chi connectivity index (χ4n) is 2.35. The molecule has 1 aliphatic rings. The molecule has 0 atom stereocenters. The van der Waals surface area contributed by atoms with Crippen LogP contribution in [0.15, 0.2) is 0 Å². The lowest BCUT2D eigenvalue weighted by Crippen LogP contribution is -2.24. The fourth-order valence-corrected chi connectivity index (χ4v) is 2.35. The summed E-state index contributed by atoms with van der Waals surface area (Å²) in [6.07, 6.45) is 9.82. The number of rotatable bonds is 5. The summed E-state index contributed by atoms with van der Waals surface area (Å²) >= 11 is 0. The molecule has 0 aromatic carbocycles. The Bertz CT molecular complexity index is 205. The molecule has 0 aromatic heterocycles. The van der Waals surface area contributed by atoms with Crippen LogP contribution in [0, 0.1) is 11.3 Å². The SMILES string of the molecule is CCC(C)(C)C(=O)CCC1CCCCC1.[HH]. The second-order valence-corrected chi connectivity index (χ2v) is 5.70. The van der Waals surface area contributed by atoms with Crippen LogP contribution < -0.4 is 0 Å². The molecular formula is C14H28O. The molecule has 1 rings (SSSR count). The minimum Gasteiger partial charge on any atom is -0.299 e. The second kappa shape index (κ2) is 5.67. The van der Waals surface area contributed by atoms with Crippen molar-refractivity contribution in [3.63, 3.8) is 0 Å². The van der Waals surface area contributed by atoms with Gasteiger partial charge in [-0.15, -0.1) is 0 Å². The Labute approximate surface area is 96.1 Å². The first-order valence-corrected chi connectivity index (χ1v) is 6.59. The van der Waals surface area contributed by atoms with Crippen LogP contribution in [0.3, 0.4) is 0 Å². The standard InChI is InChI=1S/C14H26O.H2/c1-4-14(2,3)13(15)11-10-12-8-6-5-7-9-12;/h12H,4-11H2,1-3H3;1H. The molecule has 15 heavy (non-hydrogen) atoms. The van der Waals surface area contributed by atoms with Crippen molar-refractivity contribution in [1.82, 2.24) is 0 Å². The number of carbonyl (C=O) groups is 1. The van der Waals surface area contributed by atoms with Gasteiger partial charge in [0.2, 0.25) is 0 Å². The summed E-state index contributed by atoms with van der Waals surface area (Å²) in [5.74, 6) is 1.31. The normalized spacial score (nSPS) is 19.1. The highest BCUT2D eigenvalue weighted by molar-refractivity contribution is 5.83. The Balaban J connectivity index is 0.00000225. The van der Waals surface area contributed by atoms with Crippen molar-refractivity contribution in [3.05, 3.63) is 0 Å². The van der Waals surface area contributed by atoms with E-state index in [-0.39, 0.29) is 6.84 Å². The van der Waals surface area contributed by atoms with E-state index in [1.54, 1.807) is 0 Å². The zero-order valence-corrected chi connectivity index (χ0v) is 10.6. The molecule has 0 amide bonds. The van der Waals surface area contributed by atoms with E-state index in [2.05, 4.69) is 20.8 Å². The van der Waals surface area contributed by atoms with Gasteiger partial charge in [0.1, 0.15) is 5.78 Å². The van der Waals surface area contributed by atoms with E-state index in [1.807, 2.05) is 0 Å². The van der Waals surface area contributed by atoms with Crippen LogP contribution in [0.2, 0.25) is 0 Å². The maximum absolute atomic E-state index is 11.9. The molecule has 0 N–H and O–H groups in total. The van der Waals surface area contributed by atoms with E-state index in [1.165, 1.54) is 32.1 Å². The third-order valence-electron chi connectivity index (χ3n) is 4.14. The Morgan fingerprint density at radius 1 is 1.27 bits per heavy atom. The molecule has 1 heteroatoms. The lowest BCUT2D eigenvalue weighted by molar-refractivity contribution is -0.127. The average Bonchev–Trinajstić information content (AvgIpc) is 2.27. The molecule has 1 saturated carbocycles. The van der Waals surface area contributed by atoms with Crippen LogP contribution in [0.1, 0.15) is 73.6 Å². The fraction of sp³-hybridized carbons (Fsp3) is 0.929.